The van der Waals surface area contributed by atoms with Crippen LogP contribution >= 0.6 is 0 Å². The molecule has 1 aromatic rings. The van der Waals surface area contributed by atoms with Crippen LogP contribution in [0, 0.1) is 0 Å². The van der Waals surface area contributed by atoms with Crippen molar-refractivity contribution in [3.63, 3.8) is 0 Å². The number of nitrogens with zero attached hydrogens (tertiary/aromatic N) is 2. The van der Waals surface area contributed by atoms with Crippen molar-refractivity contribution in [3.05, 3.63) is 35.4 Å². The highest BCUT2D eigenvalue weighted by Gasteiger charge is 2.21. The van der Waals surface area contributed by atoms with Gasteiger partial charge >= 0.3 is 0 Å². The number of morpholine rings is 1. The van der Waals surface area contributed by atoms with Crippen molar-refractivity contribution in [3.8, 4) is 0 Å². The fourth-order valence-electron chi connectivity index (χ4n) is 3.42. The van der Waals surface area contributed by atoms with Crippen LogP contribution in [0.5, 0.6) is 0 Å². The number of hydrogen-bond donors (Lipinski definition) is 2. The first-order valence-corrected chi connectivity index (χ1v) is 10.1. The predicted molar refractivity (Wildman–Crippen MR) is 109 cm³/mol. The topological polar surface area (TPSA) is 62.9 Å². The number of guanidine groups is 1. The van der Waals surface area contributed by atoms with Crippen LogP contribution in [-0.2, 0) is 17.8 Å². The molecule has 0 spiro atoms. The summed E-state index contributed by atoms with van der Waals surface area (Å²) in [5.41, 5.74) is 8.46. The fraction of sp³-hybridized carbons (Fsp3) is 0.667. The average molecular weight is 361 g/mol. The summed E-state index contributed by atoms with van der Waals surface area (Å²) in [6.45, 7) is 11.0. The third-order valence-electron chi connectivity index (χ3n) is 4.69. The first-order chi connectivity index (χ1) is 12.6. The number of nitrogens with one attached hydrogen (secondary N) is 1. The molecule has 26 heavy (non-hydrogen) atoms. The Morgan fingerprint density at radius 3 is 2.42 bits per heavy atom. The van der Waals surface area contributed by atoms with Gasteiger partial charge in [0.25, 0.3) is 0 Å². The van der Waals surface area contributed by atoms with Gasteiger partial charge in [-0.1, -0.05) is 50.5 Å². The van der Waals surface area contributed by atoms with Gasteiger partial charge in [-0.3, -0.25) is 4.90 Å². The second-order valence-corrected chi connectivity index (χ2v) is 7.46. The van der Waals surface area contributed by atoms with Gasteiger partial charge in [-0.15, -0.1) is 0 Å². The van der Waals surface area contributed by atoms with Crippen molar-refractivity contribution in [1.82, 2.24) is 10.2 Å². The van der Waals surface area contributed by atoms with Gasteiger partial charge in [0.2, 0.25) is 0 Å². The third-order valence-corrected chi connectivity index (χ3v) is 4.69. The molecular weight excluding hydrogens is 324 g/mol. The Bertz CT molecular complexity index is 533. The summed E-state index contributed by atoms with van der Waals surface area (Å²) in [5.74, 6) is 0.543. The molecule has 5 nitrogen and oxygen atoms in total. The zero-order valence-electron chi connectivity index (χ0n) is 16.7. The second-order valence-electron chi connectivity index (χ2n) is 7.46. The molecule has 0 aromatic heterocycles. The highest BCUT2D eigenvalue weighted by Crippen LogP contribution is 2.15. The summed E-state index contributed by atoms with van der Waals surface area (Å²) < 4.78 is 5.80. The number of aliphatic imine (C=N–C) groups is 1. The fourth-order valence-corrected chi connectivity index (χ4v) is 3.42. The molecule has 1 aliphatic heterocycles. The van der Waals surface area contributed by atoms with E-state index in [1.165, 1.54) is 30.4 Å². The first kappa shape index (κ1) is 20.7. The zero-order chi connectivity index (χ0) is 18.8. The maximum Gasteiger partial charge on any atom is 0.188 e. The van der Waals surface area contributed by atoms with E-state index in [-0.39, 0.29) is 0 Å². The lowest BCUT2D eigenvalue weighted by atomic mass is 10.1. The van der Waals surface area contributed by atoms with Crippen molar-refractivity contribution in [2.75, 3.05) is 19.6 Å². The SMILES string of the molecule is CCCCCCNC(N)=NCc1ccc(CN2CC(C)OC(C)C2)cc1. The molecule has 1 aliphatic rings. The minimum absolute atomic E-state index is 0.310. The maximum atomic E-state index is 5.94. The number of rotatable bonds is 9. The van der Waals surface area contributed by atoms with Crippen molar-refractivity contribution in [1.29, 1.82) is 0 Å². The van der Waals surface area contributed by atoms with Gasteiger partial charge in [0, 0.05) is 26.2 Å². The molecular formula is C21H36N4O. The Hall–Kier alpha value is -1.59. The summed E-state index contributed by atoms with van der Waals surface area (Å²) in [6.07, 6.45) is 5.56. The minimum Gasteiger partial charge on any atom is -0.373 e. The monoisotopic (exact) mass is 360 g/mol. The van der Waals surface area contributed by atoms with Crippen LogP contribution < -0.4 is 11.1 Å². The number of nitrogens with two attached hydrogens (primary N) is 1. The molecule has 0 bridgehead atoms. The number of unbranched alkanes of at least 4 members (excludes halogenated alkanes) is 3. The van der Waals surface area contributed by atoms with E-state index < -0.39 is 0 Å². The lowest BCUT2D eigenvalue weighted by Crippen LogP contribution is -2.44. The van der Waals surface area contributed by atoms with Crippen LogP contribution in [0.4, 0.5) is 0 Å². The normalized spacial score (nSPS) is 21.7. The summed E-state index contributed by atoms with van der Waals surface area (Å²) in [7, 11) is 0. The minimum atomic E-state index is 0.310. The summed E-state index contributed by atoms with van der Waals surface area (Å²) in [4.78, 5) is 6.90. The van der Waals surface area contributed by atoms with E-state index in [0.29, 0.717) is 24.7 Å². The molecule has 5 heteroatoms. The number of hydrogen-bond acceptors (Lipinski definition) is 3. The molecule has 1 fully saturated rings. The van der Waals surface area contributed by atoms with Gasteiger partial charge in [-0.25, -0.2) is 4.99 Å². The standard InChI is InChI=1S/C21H36N4O/c1-4-5-6-7-12-23-21(22)24-13-19-8-10-20(11-9-19)16-25-14-17(2)26-18(3)15-25/h8-11,17-18H,4-7,12-16H2,1-3H3,(H3,22,23,24). The molecule has 2 unspecified atom stereocenters. The van der Waals surface area contributed by atoms with Gasteiger partial charge in [-0.05, 0) is 31.4 Å². The van der Waals surface area contributed by atoms with E-state index in [1.807, 2.05) is 0 Å². The molecule has 146 valence electrons. The van der Waals surface area contributed by atoms with Crippen LogP contribution in [0.25, 0.3) is 0 Å². The lowest BCUT2D eigenvalue weighted by Gasteiger charge is -2.35. The number of benzene rings is 1. The predicted octanol–water partition coefficient (Wildman–Crippen LogP) is 3.28. The molecule has 0 saturated carbocycles. The summed E-state index contributed by atoms with van der Waals surface area (Å²) in [6, 6.07) is 8.70. The Balaban J connectivity index is 1.73. The largest absolute Gasteiger partial charge is 0.373 e. The van der Waals surface area contributed by atoms with E-state index in [1.54, 1.807) is 0 Å². The summed E-state index contributed by atoms with van der Waals surface area (Å²) >= 11 is 0. The van der Waals surface area contributed by atoms with Gasteiger partial charge in [0.05, 0.1) is 18.8 Å². The highest BCUT2D eigenvalue weighted by molar-refractivity contribution is 5.77. The van der Waals surface area contributed by atoms with Crippen molar-refractivity contribution < 1.29 is 4.74 Å². The van der Waals surface area contributed by atoms with Crippen LogP contribution in [0.1, 0.15) is 57.6 Å². The van der Waals surface area contributed by atoms with Crippen molar-refractivity contribution >= 4 is 5.96 Å². The molecule has 0 amide bonds. The Morgan fingerprint density at radius 2 is 1.77 bits per heavy atom. The van der Waals surface area contributed by atoms with Gasteiger partial charge < -0.3 is 15.8 Å². The number of ether oxygens (including phenoxy) is 1. The first-order valence-electron chi connectivity index (χ1n) is 10.1. The Labute approximate surface area is 159 Å². The van der Waals surface area contributed by atoms with Crippen LogP contribution in [0.15, 0.2) is 29.3 Å². The molecule has 1 aromatic carbocycles. The molecule has 1 saturated heterocycles. The molecule has 2 atom stereocenters. The van der Waals surface area contributed by atoms with Crippen LogP contribution in [-0.4, -0.2) is 42.7 Å². The lowest BCUT2D eigenvalue weighted by molar-refractivity contribution is -0.0704. The van der Waals surface area contributed by atoms with E-state index in [0.717, 1.165) is 32.6 Å². The second kappa shape index (κ2) is 11.2. The quantitative estimate of drug-likeness (QED) is 0.403. The van der Waals surface area contributed by atoms with Crippen molar-refractivity contribution in [2.45, 2.75) is 71.8 Å². The maximum absolute atomic E-state index is 5.94. The van der Waals surface area contributed by atoms with E-state index in [2.05, 4.69) is 60.2 Å². The van der Waals surface area contributed by atoms with Gasteiger partial charge in [0.1, 0.15) is 0 Å². The zero-order valence-corrected chi connectivity index (χ0v) is 16.7. The van der Waals surface area contributed by atoms with Gasteiger partial charge in [-0.2, -0.15) is 0 Å². The third kappa shape index (κ3) is 7.75. The van der Waals surface area contributed by atoms with Crippen LogP contribution in [0.3, 0.4) is 0 Å². The molecule has 1 heterocycles. The Kier molecular flexibility index (Phi) is 8.92. The molecule has 2 rings (SSSR count). The summed E-state index contributed by atoms with van der Waals surface area (Å²) in [5, 5.41) is 3.19. The average Bonchev–Trinajstić information content (AvgIpc) is 2.60. The Morgan fingerprint density at radius 1 is 1.12 bits per heavy atom. The molecule has 0 radical (unpaired) electrons. The van der Waals surface area contributed by atoms with Crippen molar-refractivity contribution in [2.24, 2.45) is 10.7 Å². The van der Waals surface area contributed by atoms with E-state index >= 15 is 0 Å². The highest BCUT2D eigenvalue weighted by atomic mass is 16.5. The van der Waals surface area contributed by atoms with E-state index in [4.69, 9.17) is 10.5 Å². The van der Waals surface area contributed by atoms with Crippen LogP contribution in [0.2, 0.25) is 0 Å². The molecule has 0 aliphatic carbocycles. The van der Waals surface area contributed by atoms with E-state index in [9.17, 15) is 0 Å². The van der Waals surface area contributed by atoms with Gasteiger partial charge in [0.15, 0.2) is 5.96 Å². The smallest absolute Gasteiger partial charge is 0.188 e. The molecule has 3 N–H and O–H groups in total.